The van der Waals surface area contributed by atoms with E-state index in [9.17, 15) is 59.3 Å². The summed E-state index contributed by atoms with van der Waals surface area (Å²) >= 11 is 0. The van der Waals surface area contributed by atoms with Gasteiger partial charge in [-0.05, 0) is 47.9 Å². The number of methoxy groups -OCH3 is 1. The van der Waals surface area contributed by atoms with Crippen molar-refractivity contribution in [2.24, 2.45) is 25.6 Å². The van der Waals surface area contributed by atoms with E-state index in [0.717, 1.165) is 55.6 Å². The summed E-state index contributed by atoms with van der Waals surface area (Å²) in [6, 6.07) is 8.46. The van der Waals surface area contributed by atoms with Crippen molar-refractivity contribution in [2.45, 2.75) is 20.7 Å². The minimum absolute atomic E-state index is 0.000213. The van der Waals surface area contributed by atoms with Gasteiger partial charge in [0.25, 0.3) is 26.1 Å². The molecule has 21 nitrogen and oxygen atoms in total. The summed E-state index contributed by atoms with van der Waals surface area (Å²) in [5, 5.41) is 59.6. The van der Waals surface area contributed by atoms with Crippen molar-refractivity contribution in [1.82, 2.24) is 0 Å². The zero-order chi connectivity index (χ0) is 39.0. The summed E-state index contributed by atoms with van der Waals surface area (Å²) in [6.07, 6.45) is 0. The molecule has 53 heavy (non-hydrogen) atoms. The van der Waals surface area contributed by atoms with Gasteiger partial charge in [0.2, 0.25) is 6.04 Å². The largest absolute Gasteiger partial charge is 0.506 e. The molecule has 278 valence electrons. The summed E-state index contributed by atoms with van der Waals surface area (Å²) in [5.41, 5.74) is -2.26. The van der Waals surface area contributed by atoms with Crippen LogP contribution in [0.15, 0.2) is 101 Å². The third kappa shape index (κ3) is 7.81. The highest BCUT2D eigenvalue weighted by Gasteiger charge is 2.41. The van der Waals surface area contributed by atoms with E-state index >= 15 is 0 Å². The number of amides is 1. The van der Waals surface area contributed by atoms with Crippen molar-refractivity contribution in [1.29, 1.82) is 0 Å². The molecule has 1 amide bonds. The number of hydrogen-bond acceptors (Lipinski definition) is 17. The average Bonchev–Trinajstić information content (AvgIpc) is 3.42. The maximum absolute atomic E-state index is 13.1. The molecular weight excluding hydrogens is 769 g/mol. The number of carbonyl (C=O) groups is 2. The normalized spacial score (nSPS) is 15.5. The van der Waals surface area contributed by atoms with Crippen LogP contribution in [0, 0.1) is 0 Å². The molecule has 0 aromatic heterocycles. The lowest BCUT2D eigenvalue weighted by Gasteiger charge is -2.12. The van der Waals surface area contributed by atoms with Gasteiger partial charge in [-0.15, -0.1) is 10.2 Å². The van der Waals surface area contributed by atoms with Gasteiger partial charge < -0.3 is 25.2 Å². The molecule has 5 rings (SSSR count). The minimum atomic E-state index is -5.10. The van der Waals surface area contributed by atoms with Crippen LogP contribution in [0.2, 0.25) is 0 Å². The molecule has 1 aliphatic rings. The number of rotatable bonds is 12. The topological polar surface area (TPSA) is 332 Å². The molecule has 0 saturated carbocycles. The van der Waals surface area contributed by atoms with Gasteiger partial charge >= 0.3 is 5.97 Å². The van der Waals surface area contributed by atoms with Crippen molar-refractivity contribution in [3.63, 3.8) is 0 Å². The van der Waals surface area contributed by atoms with Gasteiger partial charge in [-0.1, -0.05) is 6.07 Å². The van der Waals surface area contributed by atoms with E-state index in [1.54, 1.807) is 0 Å². The maximum atomic E-state index is 13.1. The Morgan fingerprint density at radius 2 is 1.57 bits per heavy atom. The van der Waals surface area contributed by atoms with E-state index in [2.05, 4.69) is 25.6 Å². The Morgan fingerprint density at radius 3 is 2.15 bits per heavy atom. The molecule has 0 radical (unpaired) electrons. The number of azo groups is 2. The number of aliphatic hydroxyl groups is 1. The smallest absolute Gasteiger partial charge is 0.355 e. The van der Waals surface area contributed by atoms with Crippen LogP contribution < -0.4 is 9.75 Å². The second-order valence-electron chi connectivity index (χ2n) is 10.7. The Hall–Kier alpha value is -5.92. The fourth-order valence-electron chi connectivity index (χ4n) is 4.82. The van der Waals surface area contributed by atoms with E-state index in [1.165, 1.54) is 12.1 Å². The van der Waals surface area contributed by atoms with E-state index in [-0.39, 0.29) is 27.9 Å². The van der Waals surface area contributed by atoms with E-state index < -0.39 is 104 Å². The first-order chi connectivity index (χ1) is 24.8. The van der Waals surface area contributed by atoms with Gasteiger partial charge in [0, 0.05) is 17.5 Å². The van der Waals surface area contributed by atoms with Crippen LogP contribution in [0.1, 0.15) is 0 Å². The first-order valence-corrected chi connectivity index (χ1v) is 18.9. The molecule has 0 fully saturated rings. The number of nitrogens with zero attached hydrogens (tertiary/aromatic N) is 6. The van der Waals surface area contributed by atoms with Gasteiger partial charge in [0.05, 0.1) is 35.7 Å². The molecule has 1 atom stereocenters. The summed E-state index contributed by atoms with van der Waals surface area (Å²) in [6.45, 7) is -0.732. The first-order valence-electron chi connectivity index (χ1n) is 14.3. The number of ether oxygens (including phenoxy) is 1. The Balaban J connectivity index is 1.52. The summed E-state index contributed by atoms with van der Waals surface area (Å²) in [4.78, 5) is 23.1. The SMILES string of the molecule is COc1cc(N=Nc2c(S(=O)(=O)O)cc3ccc(N=NC4C(=O)N(c5ccc(S(=O)(=O)O)cc5)N=C4C(=O)O)cc3c2O)c(O)cc1S(=O)(=O)CCO. The van der Waals surface area contributed by atoms with Crippen molar-refractivity contribution in [2.75, 3.05) is 24.5 Å². The number of phenolic OH excluding ortho intramolecular Hbond substituents is 2. The number of aliphatic hydroxyl groups excluding tert-OH is 1. The standard InChI is InChI=1S/C29H24N6O15S3/c1-50-21-12-19(20(37)13-22(21)51(42,43)9-8-36)31-32-24-23(53(47,48)49)10-14-2-3-15(11-18(14)27(24)38)30-33-25-26(29(40)41)34-35(28(25)39)16-4-6-17(7-5-16)52(44,45)46/h2-7,10-13,25,36-38H,8-9H2,1H3,(H,40,41)(H,44,45,46)(H,47,48,49). The number of aromatic hydroxyl groups is 2. The fraction of sp³-hybridized carbons (Fsp3) is 0.138. The second kappa shape index (κ2) is 14.2. The van der Waals surface area contributed by atoms with Crippen LogP contribution in [0.4, 0.5) is 22.7 Å². The molecule has 0 aliphatic carbocycles. The molecule has 0 bridgehead atoms. The molecule has 0 spiro atoms. The highest BCUT2D eigenvalue weighted by molar-refractivity contribution is 7.91. The van der Waals surface area contributed by atoms with Crippen LogP contribution in [0.5, 0.6) is 17.2 Å². The Kier molecular flexibility index (Phi) is 10.3. The van der Waals surface area contributed by atoms with Crippen LogP contribution in [0.25, 0.3) is 10.8 Å². The highest BCUT2D eigenvalue weighted by atomic mass is 32.2. The zero-order valence-corrected chi connectivity index (χ0v) is 29.0. The van der Waals surface area contributed by atoms with Gasteiger partial charge in [-0.2, -0.15) is 37.2 Å². The average molecular weight is 793 g/mol. The van der Waals surface area contributed by atoms with Gasteiger partial charge in [-0.25, -0.2) is 13.2 Å². The molecule has 4 aromatic rings. The molecule has 6 N–H and O–H groups in total. The van der Waals surface area contributed by atoms with E-state index in [4.69, 9.17) is 9.84 Å². The lowest BCUT2D eigenvalue weighted by atomic mass is 10.1. The Bertz CT molecular complexity index is 2610. The second-order valence-corrected chi connectivity index (χ2v) is 15.6. The number of sulfone groups is 1. The molecule has 1 unspecified atom stereocenters. The summed E-state index contributed by atoms with van der Waals surface area (Å²) in [5.74, 6) is -5.35. The summed E-state index contributed by atoms with van der Waals surface area (Å²) in [7, 11) is -12.7. The maximum Gasteiger partial charge on any atom is 0.355 e. The molecular formula is C29H24N6O15S3. The molecule has 1 heterocycles. The predicted molar refractivity (Wildman–Crippen MR) is 181 cm³/mol. The van der Waals surface area contributed by atoms with Crippen molar-refractivity contribution < 1.29 is 69.1 Å². The minimum Gasteiger partial charge on any atom is -0.506 e. The van der Waals surface area contributed by atoms with Crippen LogP contribution in [-0.2, 0) is 39.7 Å². The molecule has 1 aliphatic heterocycles. The number of benzene rings is 4. The number of aliphatic carboxylic acids is 1. The number of carbonyl (C=O) groups excluding carboxylic acids is 1. The highest BCUT2D eigenvalue weighted by Crippen LogP contribution is 2.44. The third-order valence-electron chi connectivity index (χ3n) is 7.32. The van der Waals surface area contributed by atoms with Crippen LogP contribution >= 0.6 is 0 Å². The number of carboxylic acid groups (broad SMARTS) is 1. The third-order valence-corrected chi connectivity index (χ3v) is 10.8. The van der Waals surface area contributed by atoms with E-state index in [0.29, 0.717) is 5.01 Å². The number of phenols is 2. The first kappa shape index (κ1) is 38.3. The molecule has 4 aromatic carbocycles. The van der Waals surface area contributed by atoms with E-state index in [1.807, 2.05) is 0 Å². The lowest BCUT2D eigenvalue weighted by molar-refractivity contribution is -0.130. The van der Waals surface area contributed by atoms with Gasteiger partial charge in [0.1, 0.15) is 32.7 Å². The Labute approximate surface area is 298 Å². The van der Waals surface area contributed by atoms with Crippen LogP contribution in [0.3, 0.4) is 0 Å². The summed E-state index contributed by atoms with van der Waals surface area (Å²) < 4.78 is 96.4. The lowest BCUT2D eigenvalue weighted by Crippen LogP contribution is -2.33. The predicted octanol–water partition coefficient (Wildman–Crippen LogP) is 2.87. The number of fused-ring (bicyclic) bond motifs is 1. The van der Waals surface area contributed by atoms with Crippen LogP contribution in [-0.4, -0.2) is 97.9 Å². The van der Waals surface area contributed by atoms with Gasteiger partial charge in [-0.3, -0.25) is 13.9 Å². The number of hydrazone groups is 1. The molecule has 24 heteroatoms. The van der Waals surface area contributed by atoms with Gasteiger partial charge in [0.15, 0.2) is 21.3 Å². The van der Waals surface area contributed by atoms with Crippen molar-refractivity contribution >= 4 is 81.2 Å². The fourth-order valence-corrected chi connectivity index (χ4v) is 7.15. The number of anilines is 1. The Morgan fingerprint density at radius 1 is 0.887 bits per heavy atom. The zero-order valence-electron chi connectivity index (χ0n) is 26.5. The quantitative estimate of drug-likeness (QED) is 0.0887. The molecule has 0 saturated heterocycles. The number of carboxylic acids is 1. The monoisotopic (exact) mass is 792 g/mol. The number of hydrogen-bond donors (Lipinski definition) is 6. The van der Waals surface area contributed by atoms with Crippen molar-refractivity contribution in [3.05, 3.63) is 60.7 Å². The van der Waals surface area contributed by atoms with Crippen molar-refractivity contribution in [3.8, 4) is 17.2 Å².